The standard InChI is InChI=1S/C20H19N3O3S/c1-3-26-18-10-8-16(9-11-18)20-17(14-22-23(20)2)7-4-15-5-12-19(13-6-15)27(21,24)25/h5-6,8-14H,3H2,1-2H3,(H2,21,24,25). The van der Waals surface area contributed by atoms with Crippen LogP contribution >= 0.6 is 0 Å². The van der Waals surface area contributed by atoms with Crippen LogP contribution in [0.25, 0.3) is 11.3 Å². The van der Waals surface area contributed by atoms with Crippen molar-refractivity contribution in [3.63, 3.8) is 0 Å². The number of hydrogen-bond acceptors (Lipinski definition) is 4. The predicted octanol–water partition coefficient (Wildman–Crippen LogP) is 2.53. The van der Waals surface area contributed by atoms with E-state index in [0.29, 0.717) is 12.2 Å². The SMILES string of the molecule is CCOc1ccc(-c2c(C#Cc3ccc(S(N)(=O)=O)cc3)cnn2C)cc1. The topological polar surface area (TPSA) is 87.2 Å². The van der Waals surface area contributed by atoms with Crippen LogP contribution in [-0.2, 0) is 17.1 Å². The van der Waals surface area contributed by atoms with E-state index >= 15 is 0 Å². The quantitative estimate of drug-likeness (QED) is 0.704. The molecular formula is C20H19N3O3S. The second kappa shape index (κ2) is 7.66. The van der Waals surface area contributed by atoms with E-state index in [9.17, 15) is 8.42 Å². The Kier molecular flexibility index (Phi) is 5.31. The number of ether oxygens (including phenoxy) is 1. The van der Waals surface area contributed by atoms with Gasteiger partial charge in [0, 0.05) is 18.2 Å². The summed E-state index contributed by atoms with van der Waals surface area (Å²) in [6, 6.07) is 13.9. The number of aromatic nitrogens is 2. The first-order valence-electron chi connectivity index (χ1n) is 8.28. The van der Waals surface area contributed by atoms with E-state index in [-0.39, 0.29) is 4.90 Å². The molecule has 27 heavy (non-hydrogen) atoms. The van der Waals surface area contributed by atoms with Gasteiger partial charge in [-0.1, -0.05) is 11.8 Å². The number of rotatable bonds is 4. The maximum atomic E-state index is 11.3. The first-order valence-corrected chi connectivity index (χ1v) is 9.83. The number of benzene rings is 2. The van der Waals surface area contributed by atoms with Gasteiger partial charge in [-0.05, 0) is 55.5 Å². The van der Waals surface area contributed by atoms with Crippen LogP contribution in [0, 0.1) is 11.8 Å². The van der Waals surface area contributed by atoms with Crippen LogP contribution in [0.5, 0.6) is 5.75 Å². The molecule has 1 aromatic heterocycles. The maximum absolute atomic E-state index is 11.3. The molecule has 0 radical (unpaired) electrons. The summed E-state index contributed by atoms with van der Waals surface area (Å²) in [6.07, 6.45) is 1.71. The van der Waals surface area contributed by atoms with Crippen molar-refractivity contribution < 1.29 is 13.2 Å². The van der Waals surface area contributed by atoms with E-state index in [4.69, 9.17) is 9.88 Å². The normalized spacial score (nSPS) is 10.9. The maximum Gasteiger partial charge on any atom is 0.238 e. The van der Waals surface area contributed by atoms with Gasteiger partial charge >= 0.3 is 0 Å². The molecular weight excluding hydrogens is 362 g/mol. The van der Waals surface area contributed by atoms with Gasteiger partial charge in [-0.3, -0.25) is 4.68 Å². The fourth-order valence-corrected chi connectivity index (χ4v) is 3.13. The van der Waals surface area contributed by atoms with Crippen LogP contribution in [0.3, 0.4) is 0 Å². The van der Waals surface area contributed by atoms with Crippen LogP contribution in [-0.4, -0.2) is 24.8 Å². The van der Waals surface area contributed by atoms with Crippen molar-refractivity contribution in [1.29, 1.82) is 0 Å². The van der Waals surface area contributed by atoms with Gasteiger partial charge in [0.15, 0.2) is 0 Å². The molecule has 0 bridgehead atoms. The third-order valence-corrected chi connectivity index (χ3v) is 4.83. The Balaban J connectivity index is 1.91. The fraction of sp³-hybridized carbons (Fsp3) is 0.150. The minimum atomic E-state index is -3.71. The van der Waals surface area contributed by atoms with Crippen molar-refractivity contribution in [2.75, 3.05) is 6.61 Å². The predicted molar refractivity (Wildman–Crippen MR) is 104 cm³/mol. The number of aryl methyl sites for hydroxylation is 1. The molecule has 3 rings (SSSR count). The highest BCUT2D eigenvalue weighted by Crippen LogP contribution is 2.25. The zero-order chi connectivity index (χ0) is 19.4. The third kappa shape index (κ3) is 4.37. The second-order valence-electron chi connectivity index (χ2n) is 5.81. The molecule has 3 aromatic rings. The number of hydrogen-bond donors (Lipinski definition) is 1. The molecule has 7 heteroatoms. The fourth-order valence-electron chi connectivity index (χ4n) is 2.61. The van der Waals surface area contributed by atoms with Gasteiger partial charge in [0.25, 0.3) is 0 Å². The van der Waals surface area contributed by atoms with Crippen LogP contribution < -0.4 is 9.88 Å². The Bertz CT molecular complexity index is 1100. The van der Waals surface area contributed by atoms with Crippen molar-refractivity contribution in [2.45, 2.75) is 11.8 Å². The smallest absolute Gasteiger partial charge is 0.238 e. The van der Waals surface area contributed by atoms with Gasteiger partial charge in [-0.25, -0.2) is 13.6 Å². The molecule has 0 aliphatic carbocycles. The van der Waals surface area contributed by atoms with E-state index in [1.165, 1.54) is 12.1 Å². The Morgan fingerprint density at radius 2 is 1.74 bits per heavy atom. The van der Waals surface area contributed by atoms with Crippen LogP contribution in [0.15, 0.2) is 59.6 Å². The first kappa shape index (κ1) is 18.7. The number of nitrogens with two attached hydrogens (primary N) is 1. The third-order valence-electron chi connectivity index (χ3n) is 3.90. The van der Waals surface area contributed by atoms with Gasteiger partial charge in [0.2, 0.25) is 10.0 Å². The Morgan fingerprint density at radius 1 is 1.07 bits per heavy atom. The Labute approximate surface area is 158 Å². The minimum Gasteiger partial charge on any atom is -0.494 e. The average molecular weight is 381 g/mol. The molecule has 0 fully saturated rings. The summed E-state index contributed by atoms with van der Waals surface area (Å²) in [5.74, 6) is 6.94. The van der Waals surface area contributed by atoms with Crippen LogP contribution in [0.2, 0.25) is 0 Å². The average Bonchev–Trinajstić information content (AvgIpc) is 3.01. The van der Waals surface area contributed by atoms with Gasteiger partial charge in [-0.2, -0.15) is 5.10 Å². The molecule has 0 saturated carbocycles. The second-order valence-corrected chi connectivity index (χ2v) is 7.37. The highest BCUT2D eigenvalue weighted by molar-refractivity contribution is 7.89. The first-order chi connectivity index (χ1) is 12.9. The molecule has 138 valence electrons. The lowest BCUT2D eigenvalue weighted by Crippen LogP contribution is -2.11. The van der Waals surface area contributed by atoms with E-state index in [2.05, 4.69) is 16.9 Å². The van der Waals surface area contributed by atoms with Crippen LogP contribution in [0.1, 0.15) is 18.1 Å². The summed E-state index contributed by atoms with van der Waals surface area (Å²) in [5.41, 5.74) is 3.33. The van der Waals surface area contributed by atoms with Crippen molar-refractivity contribution in [2.24, 2.45) is 12.2 Å². The summed E-state index contributed by atoms with van der Waals surface area (Å²) in [4.78, 5) is 0.0597. The molecule has 0 saturated heterocycles. The highest BCUT2D eigenvalue weighted by atomic mass is 32.2. The molecule has 0 amide bonds. The molecule has 0 aliphatic rings. The van der Waals surface area contributed by atoms with Crippen molar-refractivity contribution in [3.8, 4) is 28.8 Å². The van der Waals surface area contributed by atoms with Crippen molar-refractivity contribution in [3.05, 3.63) is 65.9 Å². The summed E-state index contributed by atoms with van der Waals surface area (Å²) in [7, 11) is -1.85. The molecule has 0 aliphatic heterocycles. The number of nitrogens with zero attached hydrogens (tertiary/aromatic N) is 2. The lowest BCUT2D eigenvalue weighted by atomic mass is 10.1. The van der Waals surface area contributed by atoms with E-state index in [0.717, 1.165) is 22.6 Å². The molecule has 0 atom stereocenters. The van der Waals surface area contributed by atoms with E-state index in [1.54, 1.807) is 23.0 Å². The zero-order valence-corrected chi connectivity index (χ0v) is 15.8. The monoisotopic (exact) mass is 381 g/mol. The lowest BCUT2D eigenvalue weighted by molar-refractivity contribution is 0.340. The van der Waals surface area contributed by atoms with Gasteiger partial charge < -0.3 is 4.74 Å². The van der Waals surface area contributed by atoms with Gasteiger partial charge in [0.1, 0.15) is 5.75 Å². The number of sulfonamides is 1. The molecule has 0 unspecified atom stereocenters. The summed E-state index contributed by atoms with van der Waals surface area (Å²) in [6.45, 7) is 2.56. The molecule has 2 aromatic carbocycles. The highest BCUT2D eigenvalue weighted by Gasteiger charge is 2.10. The summed E-state index contributed by atoms with van der Waals surface area (Å²) >= 11 is 0. The Morgan fingerprint density at radius 3 is 2.33 bits per heavy atom. The van der Waals surface area contributed by atoms with E-state index < -0.39 is 10.0 Å². The molecule has 1 heterocycles. The molecule has 2 N–H and O–H groups in total. The van der Waals surface area contributed by atoms with Gasteiger partial charge in [0.05, 0.1) is 29.0 Å². The van der Waals surface area contributed by atoms with E-state index in [1.807, 2.05) is 38.2 Å². The van der Waals surface area contributed by atoms with Crippen molar-refractivity contribution >= 4 is 10.0 Å². The minimum absolute atomic E-state index is 0.0597. The lowest BCUT2D eigenvalue weighted by Gasteiger charge is -2.06. The van der Waals surface area contributed by atoms with Gasteiger partial charge in [-0.15, -0.1) is 0 Å². The Hall–Kier alpha value is -3.08. The van der Waals surface area contributed by atoms with Crippen LogP contribution in [0.4, 0.5) is 0 Å². The zero-order valence-electron chi connectivity index (χ0n) is 15.0. The molecule has 6 nitrogen and oxygen atoms in total. The molecule has 0 spiro atoms. The summed E-state index contributed by atoms with van der Waals surface area (Å²) in [5, 5.41) is 9.40. The number of primary sulfonamides is 1. The largest absolute Gasteiger partial charge is 0.494 e. The van der Waals surface area contributed by atoms with Crippen molar-refractivity contribution in [1.82, 2.24) is 9.78 Å². The summed E-state index contributed by atoms with van der Waals surface area (Å²) < 4.78 is 29.9.